The summed E-state index contributed by atoms with van der Waals surface area (Å²) in [5.74, 6) is -0.105. The van der Waals surface area contributed by atoms with Crippen molar-refractivity contribution in [2.75, 3.05) is 0 Å². The maximum absolute atomic E-state index is 8.97. The summed E-state index contributed by atoms with van der Waals surface area (Å²) in [4.78, 5) is 0. The van der Waals surface area contributed by atoms with Crippen LogP contribution in [-0.2, 0) is 17.1 Å². The van der Waals surface area contributed by atoms with E-state index in [4.69, 9.17) is 10.2 Å². The summed E-state index contributed by atoms with van der Waals surface area (Å²) >= 11 is 0. The molecular weight excluding hydrogens is 192 g/mol. The zero-order valence-corrected chi connectivity index (χ0v) is 7.29. The zero-order chi connectivity index (χ0) is 7.72. The predicted octanol–water partition coefficient (Wildman–Crippen LogP) is 1.71. The molecule has 0 aliphatic heterocycles. The van der Waals surface area contributed by atoms with Gasteiger partial charge in [-0.25, -0.2) is 0 Å². The molecule has 2 nitrogen and oxygen atoms in total. The van der Waals surface area contributed by atoms with E-state index >= 15 is 0 Å². The molecule has 0 amide bonds. The number of aromatic hydroxyl groups is 2. The summed E-state index contributed by atoms with van der Waals surface area (Å²) in [5.41, 5.74) is 1.96. The van der Waals surface area contributed by atoms with Crippen molar-refractivity contribution in [1.29, 1.82) is 0 Å². The van der Waals surface area contributed by atoms with E-state index in [9.17, 15) is 0 Å². The Labute approximate surface area is 76.3 Å². The molecule has 0 aromatic heterocycles. The number of hydrogen-bond acceptors (Lipinski definition) is 2. The summed E-state index contributed by atoms with van der Waals surface area (Å²) in [6.45, 7) is 3.77. The molecule has 0 atom stereocenters. The molecule has 63 valence electrons. The maximum atomic E-state index is 8.97. The number of phenolic OH excluding ortho intramolecular Hbond substituents is 2. The molecular formula is C8H10CuO2+2. The van der Waals surface area contributed by atoms with Crippen LogP contribution in [0.2, 0.25) is 0 Å². The van der Waals surface area contributed by atoms with Crippen LogP contribution in [0.15, 0.2) is 12.1 Å². The van der Waals surface area contributed by atoms with Gasteiger partial charge in [0.2, 0.25) is 0 Å². The summed E-state index contributed by atoms with van der Waals surface area (Å²) in [6.07, 6.45) is 0. The number of phenols is 2. The van der Waals surface area contributed by atoms with Crippen LogP contribution in [0, 0.1) is 13.8 Å². The van der Waals surface area contributed by atoms with E-state index in [-0.39, 0.29) is 28.6 Å². The Morgan fingerprint density at radius 1 is 0.909 bits per heavy atom. The smallest absolute Gasteiger partial charge is 0.504 e. The fraction of sp³-hybridized carbons (Fsp3) is 0.250. The van der Waals surface area contributed by atoms with Gasteiger partial charge in [-0.15, -0.1) is 0 Å². The summed E-state index contributed by atoms with van der Waals surface area (Å²) in [5, 5.41) is 17.9. The van der Waals surface area contributed by atoms with Gasteiger partial charge in [-0.2, -0.15) is 0 Å². The van der Waals surface area contributed by atoms with Gasteiger partial charge in [-0.1, -0.05) is 0 Å². The second-order valence-electron chi connectivity index (χ2n) is 2.43. The quantitative estimate of drug-likeness (QED) is 0.496. The fourth-order valence-corrected chi connectivity index (χ4v) is 0.786. The minimum absolute atomic E-state index is 0. The van der Waals surface area contributed by atoms with Crippen molar-refractivity contribution in [2.24, 2.45) is 0 Å². The van der Waals surface area contributed by atoms with Crippen molar-refractivity contribution in [3.8, 4) is 11.5 Å². The minimum atomic E-state index is -0.0527. The van der Waals surface area contributed by atoms with Crippen molar-refractivity contribution in [2.45, 2.75) is 13.8 Å². The Hall–Kier alpha value is -0.661. The molecule has 1 aromatic rings. The Morgan fingerprint density at radius 2 is 1.18 bits per heavy atom. The van der Waals surface area contributed by atoms with Gasteiger partial charge in [0.25, 0.3) is 0 Å². The molecule has 0 saturated heterocycles. The Morgan fingerprint density at radius 3 is 1.45 bits per heavy atom. The van der Waals surface area contributed by atoms with Crippen LogP contribution in [0.4, 0.5) is 0 Å². The molecule has 0 heterocycles. The van der Waals surface area contributed by atoms with E-state index in [2.05, 4.69) is 0 Å². The van der Waals surface area contributed by atoms with E-state index in [1.54, 1.807) is 12.1 Å². The normalized spacial score (nSPS) is 8.91. The molecule has 2 N–H and O–H groups in total. The van der Waals surface area contributed by atoms with Crippen LogP contribution < -0.4 is 0 Å². The SMILES string of the molecule is Cc1cc(O)c(O)cc1C.[Cu+2]. The van der Waals surface area contributed by atoms with Gasteiger partial charge in [0, 0.05) is 0 Å². The van der Waals surface area contributed by atoms with Gasteiger partial charge in [0.15, 0.2) is 11.5 Å². The third-order valence-electron chi connectivity index (χ3n) is 1.59. The summed E-state index contributed by atoms with van der Waals surface area (Å²) in [6, 6.07) is 3.09. The van der Waals surface area contributed by atoms with Crippen LogP contribution in [0.25, 0.3) is 0 Å². The number of benzene rings is 1. The third-order valence-corrected chi connectivity index (χ3v) is 1.59. The fourth-order valence-electron chi connectivity index (χ4n) is 0.786. The first-order valence-corrected chi connectivity index (χ1v) is 3.10. The van der Waals surface area contributed by atoms with Crippen LogP contribution in [-0.4, -0.2) is 10.2 Å². The molecule has 1 rings (SSSR count). The largest absolute Gasteiger partial charge is 2.00 e. The van der Waals surface area contributed by atoms with E-state index in [1.165, 1.54) is 0 Å². The first-order chi connectivity index (χ1) is 4.61. The van der Waals surface area contributed by atoms with Crippen molar-refractivity contribution < 1.29 is 27.3 Å². The van der Waals surface area contributed by atoms with E-state index < -0.39 is 0 Å². The molecule has 3 heteroatoms. The molecule has 0 saturated carbocycles. The van der Waals surface area contributed by atoms with Crippen molar-refractivity contribution >= 4 is 0 Å². The van der Waals surface area contributed by atoms with Gasteiger partial charge in [0.1, 0.15) is 0 Å². The van der Waals surface area contributed by atoms with Gasteiger partial charge in [-0.3, -0.25) is 0 Å². The van der Waals surface area contributed by atoms with Crippen LogP contribution >= 0.6 is 0 Å². The van der Waals surface area contributed by atoms with E-state index in [0.29, 0.717) is 0 Å². The Bertz CT molecular complexity index is 208. The molecule has 1 radical (unpaired) electrons. The van der Waals surface area contributed by atoms with Gasteiger partial charge >= 0.3 is 17.1 Å². The molecule has 11 heavy (non-hydrogen) atoms. The molecule has 0 unspecified atom stereocenters. The first-order valence-electron chi connectivity index (χ1n) is 3.10. The number of rotatable bonds is 0. The average Bonchev–Trinajstić information content (AvgIpc) is 1.84. The maximum Gasteiger partial charge on any atom is 2.00 e. The van der Waals surface area contributed by atoms with Crippen LogP contribution in [0.3, 0.4) is 0 Å². The standard InChI is InChI=1S/C8H10O2.Cu/c1-5-3-7(9)8(10)4-6(5)2;/h3-4,9-10H,1-2H3;/q;+2. The molecule has 0 aliphatic rings. The second kappa shape index (κ2) is 3.65. The molecule has 0 fully saturated rings. The molecule has 0 bridgehead atoms. The summed E-state index contributed by atoms with van der Waals surface area (Å²) in [7, 11) is 0. The van der Waals surface area contributed by atoms with E-state index in [1.807, 2.05) is 13.8 Å². The molecule has 1 aromatic carbocycles. The molecule has 0 spiro atoms. The topological polar surface area (TPSA) is 40.5 Å². The van der Waals surface area contributed by atoms with Crippen molar-refractivity contribution in [3.63, 3.8) is 0 Å². The van der Waals surface area contributed by atoms with Crippen LogP contribution in [0.5, 0.6) is 11.5 Å². The van der Waals surface area contributed by atoms with Gasteiger partial charge in [-0.05, 0) is 37.1 Å². The summed E-state index contributed by atoms with van der Waals surface area (Å²) < 4.78 is 0. The van der Waals surface area contributed by atoms with Gasteiger partial charge in [0.05, 0.1) is 0 Å². The van der Waals surface area contributed by atoms with Crippen molar-refractivity contribution in [3.05, 3.63) is 23.3 Å². The zero-order valence-electron chi connectivity index (χ0n) is 6.35. The monoisotopic (exact) mass is 201 g/mol. The van der Waals surface area contributed by atoms with E-state index in [0.717, 1.165) is 11.1 Å². The van der Waals surface area contributed by atoms with Gasteiger partial charge < -0.3 is 10.2 Å². The Balaban J connectivity index is 0.000001000. The molecule has 0 aliphatic carbocycles. The first kappa shape index (κ1) is 10.3. The predicted molar refractivity (Wildman–Crippen MR) is 39.2 cm³/mol. The van der Waals surface area contributed by atoms with Crippen molar-refractivity contribution in [1.82, 2.24) is 0 Å². The number of hydrogen-bond donors (Lipinski definition) is 2. The average molecular weight is 202 g/mol. The van der Waals surface area contributed by atoms with Crippen LogP contribution in [0.1, 0.15) is 11.1 Å². The third kappa shape index (κ3) is 2.14. The Kier molecular flexibility index (Phi) is 3.43. The minimum Gasteiger partial charge on any atom is -0.504 e. The second-order valence-corrected chi connectivity index (χ2v) is 2.43. The number of aryl methyl sites for hydroxylation is 2.